The van der Waals surface area contributed by atoms with Crippen LogP contribution >= 0.6 is 22.9 Å². The summed E-state index contributed by atoms with van der Waals surface area (Å²) < 4.78 is 0.707. The van der Waals surface area contributed by atoms with E-state index in [1.807, 2.05) is 6.92 Å². The van der Waals surface area contributed by atoms with Crippen molar-refractivity contribution < 1.29 is 0 Å². The molecule has 0 aliphatic rings. The Morgan fingerprint density at radius 2 is 2.60 bits per heavy atom. The normalized spacial score (nSPS) is 13.5. The van der Waals surface area contributed by atoms with Crippen LogP contribution in [0.15, 0.2) is 6.20 Å². The van der Waals surface area contributed by atoms with Crippen molar-refractivity contribution in [1.29, 1.82) is 0 Å². The summed E-state index contributed by atoms with van der Waals surface area (Å²) in [5.74, 6) is 0. The second kappa shape index (κ2) is 3.32. The van der Waals surface area contributed by atoms with E-state index in [1.54, 1.807) is 6.20 Å². The van der Waals surface area contributed by atoms with E-state index in [2.05, 4.69) is 4.98 Å². The first-order valence-corrected chi connectivity index (χ1v) is 4.30. The van der Waals surface area contributed by atoms with E-state index in [4.69, 9.17) is 17.3 Å². The van der Waals surface area contributed by atoms with E-state index in [-0.39, 0.29) is 6.04 Å². The first-order valence-electron chi connectivity index (χ1n) is 3.11. The van der Waals surface area contributed by atoms with Crippen molar-refractivity contribution in [3.8, 4) is 0 Å². The zero-order valence-electron chi connectivity index (χ0n) is 5.67. The monoisotopic (exact) mass is 176 g/mol. The first kappa shape index (κ1) is 7.98. The molecule has 2 nitrogen and oxygen atoms in total. The molecule has 1 aromatic rings. The molecule has 0 amide bonds. The number of thiazole rings is 1. The lowest BCUT2D eigenvalue weighted by Crippen LogP contribution is -2.07. The predicted molar refractivity (Wildman–Crippen MR) is 44.3 cm³/mol. The minimum Gasteiger partial charge on any atom is -0.322 e. The van der Waals surface area contributed by atoms with Crippen molar-refractivity contribution in [1.82, 2.24) is 4.98 Å². The van der Waals surface area contributed by atoms with Gasteiger partial charge in [0.15, 0.2) is 0 Å². The number of nitrogens with two attached hydrogens (primary N) is 1. The van der Waals surface area contributed by atoms with Crippen LogP contribution in [0.4, 0.5) is 0 Å². The molecule has 0 spiro atoms. The molecule has 0 radical (unpaired) electrons. The van der Waals surface area contributed by atoms with E-state index in [9.17, 15) is 0 Å². The summed E-state index contributed by atoms with van der Waals surface area (Å²) >= 11 is 7.11. The van der Waals surface area contributed by atoms with Crippen molar-refractivity contribution in [3.05, 3.63) is 15.5 Å². The lowest BCUT2D eigenvalue weighted by molar-refractivity contribution is 0.693. The van der Waals surface area contributed by atoms with Crippen molar-refractivity contribution >= 4 is 22.9 Å². The number of hydrogen-bond acceptors (Lipinski definition) is 3. The molecule has 1 heterocycles. The van der Waals surface area contributed by atoms with Crippen LogP contribution in [0.2, 0.25) is 4.34 Å². The van der Waals surface area contributed by atoms with Crippen LogP contribution in [-0.2, 0) is 0 Å². The van der Waals surface area contributed by atoms with Crippen LogP contribution in [-0.4, -0.2) is 4.98 Å². The molecular weight excluding hydrogens is 168 g/mol. The fourth-order valence-electron chi connectivity index (χ4n) is 0.613. The maximum absolute atomic E-state index is 5.70. The average molecular weight is 177 g/mol. The number of nitrogens with zero attached hydrogens (tertiary/aromatic N) is 1. The molecule has 1 aromatic heterocycles. The molecule has 10 heavy (non-hydrogen) atoms. The summed E-state index contributed by atoms with van der Waals surface area (Å²) in [5, 5.41) is 0.924. The highest BCUT2D eigenvalue weighted by molar-refractivity contribution is 7.15. The van der Waals surface area contributed by atoms with Gasteiger partial charge in [0.2, 0.25) is 0 Å². The lowest BCUT2D eigenvalue weighted by Gasteiger charge is -2.01. The van der Waals surface area contributed by atoms with Crippen molar-refractivity contribution in [3.63, 3.8) is 0 Å². The van der Waals surface area contributed by atoms with Gasteiger partial charge in [0, 0.05) is 0 Å². The highest BCUT2D eigenvalue weighted by Gasteiger charge is 2.06. The van der Waals surface area contributed by atoms with Gasteiger partial charge in [0.25, 0.3) is 0 Å². The van der Waals surface area contributed by atoms with Gasteiger partial charge in [0.05, 0.1) is 12.2 Å². The van der Waals surface area contributed by atoms with E-state index < -0.39 is 0 Å². The molecule has 0 aromatic carbocycles. The largest absolute Gasteiger partial charge is 0.322 e. The summed E-state index contributed by atoms with van der Waals surface area (Å²) in [7, 11) is 0. The zero-order chi connectivity index (χ0) is 7.56. The topological polar surface area (TPSA) is 38.9 Å². The molecule has 0 saturated carbocycles. The first-order chi connectivity index (χ1) is 4.74. The predicted octanol–water partition coefficient (Wildman–Crippen LogP) is 2.21. The zero-order valence-corrected chi connectivity index (χ0v) is 7.25. The van der Waals surface area contributed by atoms with Gasteiger partial charge in [-0.3, -0.25) is 0 Å². The van der Waals surface area contributed by atoms with E-state index in [0.29, 0.717) is 4.34 Å². The maximum atomic E-state index is 5.70. The summed E-state index contributed by atoms with van der Waals surface area (Å²) in [6.07, 6.45) is 2.54. The van der Waals surface area contributed by atoms with Crippen LogP contribution in [0.3, 0.4) is 0 Å². The van der Waals surface area contributed by atoms with Crippen LogP contribution in [0, 0.1) is 0 Å². The summed E-state index contributed by atoms with van der Waals surface area (Å²) in [6, 6.07) is 0.0532. The Balaban J connectivity index is 2.74. The molecule has 0 bridgehead atoms. The summed E-state index contributed by atoms with van der Waals surface area (Å²) in [5.41, 5.74) is 5.70. The van der Waals surface area contributed by atoms with E-state index in [1.165, 1.54) is 11.3 Å². The van der Waals surface area contributed by atoms with Crippen LogP contribution < -0.4 is 5.73 Å². The molecule has 0 saturated heterocycles. The lowest BCUT2D eigenvalue weighted by atomic mass is 10.3. The van der Waals surface area contributed by atoms with Gasteiger partial charge in [-0.2, -0.15) is 0 Å². The molecule has 1 unspecified atom stereocenters. The van der Waals surface area contributed by atoms with Crippen molar-refractivity contribution in [2.24, 2.45) is 5.73 Å². The highest BCUT2D eigenvalue weighted by atomic mass is 35.5. The van der Waals surface area contributed by atoms with Crippen molar-refractivity contribution in [2.75, 3.05) is 0 Å². The Hall–Kier alpha value is -0.120. The summed E-state index contributed by atoms with van der Waals surface area (Å²) in [4.78, 5) is 4.05. The molecule has 0 aliphatic carbocycles. The van der Waals surface area contributed by atoms with Gasteiger partial charge in [0.1, 0.15) is 9.34 Å². The third-order valence-electron chi connectivity index (χ3n) is 1.25. The average Bonchev–Trinajstić information content (AvgIpc) is 2.34. The molecule has 0 fully saturated rings. The molecule has 0 aliphatic heterocycles. The van der Waals surface area contributed by atoms with E-state index in [0.717, 1.165) is 11.4 Å². The van der Waals surface area contributed by atoms with Crippen LogP contribution in [0.25, 0.3) is 0 Å². The quantitative estimate of drug-likeness (QED) is 0.751. The number of hydrogen-bond donors (Lipinski definition) is 1. The minimum atomic E-state index is 0.0532. The Morgan fingerprint density at radius 1 is 1.90 bits per heavy atom. The third-order valence-corrected chi connectivity index (χ3v) is 2.50. The van der Waals surface area contributed by atoms with Gasteiger partial charge in [-0.15, -0.1) is 11.3 Å². The molecule has 2 N–H and O–H groups in total. The minimum absolute atomic E-state index is 0.0532. The smallest absolute Gasteiger partial charge is 0.113 e. The SMILES string of the molecule is CCC(N)c1ncc(Cl)s1. The Labute approximate surface area is 69.0 Å². The van der Waals surface area contributed by atoms with Gasteiger partial charge >= 0.3 is 0 Å². The Kier molecular flexibility index (Phi) is 2.65. The number of halogens is 1. The molecule has 1 rings (SSSR count). The van der Waals surface area contributed by atoms with E-state index >= 15 is 0 Å². The van der Waals surface area contributed by atoms with Crippen molar-refractivity contribution in [2.45, 2.75) is 19.4 Å². The van der Waals surface area contributed by atoms with Crippen LogP contribution in [0.1, 0.15) is 24.4 Å². The molecule has 4 heteroatoms. The highest BCUT2D eigenvalue weighted by Crippen LogP contribution is 2.23. The van der Waals surface area contributed by atoms with Crippen LogP contribution in [0.5, 0.6) is 0 Å². The maximum Gasteiger partial charge on any atom is 0.113 e. The molecular formula is C6H9ClN2S. The van der Waals surface area contributed by atoms with Gasteiger partial charge in [-0.05, 0) is 6.42 Å². The summed E-state index contributed by atoms with van der Waals surface area (Å²) in [6.45, 7) is 2.03. The molecule has 56 valence electrons. The Bertz CT molecular complexity index is 211. The standard InChI is InChI=1S/C6H9ClN2S/c1-2-4(8)6-9-3-5(7)10-6/h3-4H,2,8H2,1H3. The van der Waals surface area contributed by atoms with Gasteiger partial charge in [-0.1, -0.05) is 18.5 Å². The third kappa shape index (κ3) is 1.68. The fraction of sp³-hybridized carbons (Fsp3) is 0.500. The Morgan fingerprint density at radius 3 is 3.00 bits per heavy atom. The van der Waals surface area contributed by atoms with Gasteiger partial charge in [-0.25, -0.2) is 4.98 Å². The molecule has 1 atom stereocenters. The fourth-order valence-corrected chi connectivity index (χ4v) is 1.63. The van der Waals surface area contributed by atoms with Gasteiger partial charge < -0.3 is 5.73 Å². The second-order valence-corrected chi connectivity index (χ2v) is 3.71. The number of aromatic nitrogens is 1. The number of rotatable bonds is 2. The second-order valence-electron chi connectivity index (χ2n) is 2.02.